The third-order valence-corrected chi connectivity index (χ3v) is 3.73. The molecule has 0 aromatic rings. The van der Waals surface area contributed by atoms with E-state index in [0.29, 0.717) is 0 Å². The molecule has 1 saturated carbocycles. The predicted octanol–water partition coefficient (Wildman–Crippen LogP) is 2.63. The molecule has 0 spiro atoms. The molecule has 5 heteroatoms. The lowest BCUT2D eigenvalue weighted by molar-refractivity contribution is 0.195. The number of aliphatic imine (C=N–C) groups is 1. The molecule has 0 saturated heterocycles. The molecule has 0 aromatic heterocycles. The number of rotatable bonds is 6. The van der Waals surface area contributed by atoms with Crippen LogP contribution in [0.2, 0.25) is 0 Å². The lowest BCUT2D eigenvalue weighted by atomic mass is 9.83. The molecule has 0 amide bonds. The minimum Gasteiger partial charge on any atom is -0.385 e. The molecule has 114 valence electrons. The fourth-order valence-corrected chi connectivity index (χ4v) is 2.42. The lowest BCUT2D eigenvalue weighted by Crippen LogP contribution is -2.40. The van der Waals surface area contributed by atoms with Gasteiger partial charge in [0.05, 0.1) is 0 Å². The summed E-state index contributed by atoms with van der Waals surface area (Å²) in [6.45, 7) is 5.12. The van der Waals surface area contributed by atoms with E-state index in [0.717, 1.165) is 43.9 Å². The van der Waals surface area contributed by atoms with E-state index in [4.69, 9.17) is 4.74 Å². The number of ether oxygens (including phenoxy) is 1. The standard InChI is InChI=1S/C14H29N3O.HI/c1-12-5-7-13(8-6-12)11-17-14(15-2)16-9-4-10-18-3;/h12-13H,4-11H2,1-3H3,(H2,15,16,17);1H. The van der Waals surface area contributed by atoms with Crippen molar-refractivity contribution in [1.82, 2.24) is 10.6 Å². The van der Waals surface area contributed by atoms with Crippen LogP contribution in [0.5, 0.6) is 0 Å². The van der Waals surface area contributed by atoms with Gasteiger partial charge in [0.2, 0.25) is 0 Å². The highest BCUT2D eigenvalue weighted by molar-refractivity contribution is 14.0. The predicted molar refractivity (Wildman–Crippen MR) is 92.4 cm³/mol. The van der Waals surface area contributed by atoms with Crippen molar-refractivity contribution in [3.8, 4) is 0 Å². The van der Waals surface area contributed by atoms with Gasteiger partial charge in [-0.05, 0) is 31.1 Å². The van der Waals surface area contributed by atoms with E-state index < -0.39 is 0 Å². The van der Waals surface area contributed by atoms with E-state index in [2.05, 4.69) is 22.5 Å². The van der Waals surface area contributed by atoms with Crippen LogP contribution in [0.25, 0.3) is 0 Å². The number of nitrogens with one attached hydrogen (secondary N) is 2. The molecule has 0 unspecified atom stereocenters. The van der Waals surface area contributed by atoms with Crippen LogP contribution in [0.15, 0.2) is 4.99 Å². The molecule has 4 nitrogen and oxygen atoms in total. The maximum atomic E-state index is 5.02. The molecule has 0 radical (unpaired) electrons. The van der Waals surface area contributed by atoms with E-state index in [9.17, 15) is 0 Å². The van der Waals surface area contributed by atoms with Crippen molar-refractivity contribution in [2.45, 2.75) is 39.0 Å². The van der Waals surface area contributed by atoms with Crippen LogP contribution in [0.4, 0.5) is 0 Å². The SMILES string of the molecule is CN=C(NCCCOC)NCC1CCC(C)CC1.I. The molecular formula is C14H30IN3O. The van der Waals surface area contributed by atoms with Gasteiger partial charge >= 0.3 is 0 Å². The van der Waals surface area contributed by atoms with Crippen molar-refractivity contribution in [3.63, 3.8) is 0 Å². The number of halogens is 1. The Kier molecular flexibility index (Phi) is 11.7. The maximum Gasteiger partial charge on any atom is 0.190 e. The summed E-state index contributed by atoms with van der Waals surface area (Å²) >= 11 is 0. The van der Waals surface area contributed by atoms with E-state index >= 15 is 0 Å². The Bertz CT molecular complexity index is 241. The zero-order valence-corrected chi connectivity index (χ0v) is 14.9. The van der Waals surface area contributed by atoms with E-state index in [1.54, 1.807) is 7.11 Å². The van der Waals surface area contributed by atoms with Crippen LogP contribution < -0.4 is 10.6 Å². The van der Waals surface area contributed by atoms with Gasteiger partial charge in [0.1, 0.15) is 0 Å². The van der Waals surface area contributed by atoms with E-state index in [1.807, 2.05) is 7.05 Å². The second-order valence-electron chi connectivity index (χ2n) is 5.35. The zero-order chi connectivity index (χ0) is 13.2. The van der Waals surface area contributed by atoms with Crippen LogP contribution in [-0.4, -0.2) is 39.8 Å². The van der Waals surface area contributed by atoms with Gasteiger partial charge in [-0.25, -0.2) is 0 Å². The molecular weight excluding hydrogens is 353 g/mol. The van der Waals surface area contributed by atoms with Crippen molar-refractivity contribution in [2.24, 2.45) is 16.8 Å². The first-order chi connectivity index (χ1) is 8.76. The summed E-state index contributed by atoms with van der Waals surface area (Å²) < 4.78 is 5.02. The molecule has 1 fully saturated rings. The van der Waals surface area contributed by atoms with Gasteiger partial charge in [-0.3, -0.25) is 4.99 Å². The first kappa shape index (κ1) is 19.0. The van der Waals surface area contributed by atoms with E-state index in [-0.39, 0.29) is 24.0 Å². The van der Waals surface area contributed by atoms with Crippen molar-refractivity contribution in [1.29, 1.82) is 0 Å². The average Bonchev–Trinajstić information content (AvgIpc) is 2.40. The largest absolute Gasteiger partial charge is 0.385 e. The fourth-order valence-electron chi connectivity index (χ4n) is 2.42. The summed E-state index contributed by atoms with van der Waals surface area (Å²) in [6, 6.07) is 0. The monoisotopic (exact) mass is 383 g/mol. The molecule has 0 bridgehead atoms. The average molecular weight is 383 g/mol. The van der Waals surface area contributed by atoms with Crippen LogP contribution in [0.3, 0.4) is 0 Å². The molecule has 0 aromatic carbocycles. The number of methoxy groups -OCH3 is 1. The summed E-state index contributed by atoms with van der Waals surface area (Å²) in [5, 5.41) is 6.74. The highest BCUT2D eigenvalue weighted by Gasteiger charge is 2.18. The second-order valence-corrected chi connectivity index (χ2v) is 5.35. The van der Waals surface area contributed by atoms with Crippen molar-refractivity contribution >= 4 is 29.9 Å². The van der Waals surface area contributed by atoms with Crippen molar-refractivity contribution in [3.05, 3.63) is 0 Å². The number of hydrogen-bond acceptors (Lipinski definition) is 2. The van der Waals surface area contributed by atoms with Crippen LogP contribution >= 0.6 is 24.0 Å². The summed E-state index contributed by atoms with van der Waals surface area (Å²) in [5.41, 5.74) is 0. The number of guanidine groups is 1. The van der Waals surface area contributed by atoms with Gasteiger partial charge in [0, 0.05) is 33.9 Å². The van der Waals surface area contributed by atoms with Gasteiger partial charge in [-0.2, -0.15) is 0 Å². The van der Waals surface area contributed by atoms with Crippen LogP contribution in [0.1, 0.15) is 39.0 Å². The lowest BCUT2D eigenvalue weighted by Gasteiger charge is -2.26. The first-order valence-electron chi connectivity index (χ1n) is 7.19. The molecule has 2 N–H and O–H groups in total. The Morgan fingerprint density at radius 3 is 2.47 bits per heavy atom. The van der Waals surface area contributed by atoms with Gasteiger partial charge in [-0.15, -0.1) is 24.0 Å². The third-order valence-electron chi connectivity index (χ3n) is 3.73. The Morgan fingerprint density at radius 1 is 1.21 bits per heavy atom. The van der Waals surface area contributed by atoms with Gasteiger partial charge in [-0.1, -0.05) is 19.8 Å². The Hall–Kier alpha value is -0.0400. The number of nitrogens with zero attached hydrogens (tertiary/aromatic N) is 1. The molecule has 19 heavy (non-hydrogen) atoms. The van der Waals surface area contributed by atoms with Gasteiger partial charge in [0.15, 0.2) is 5.96 Å². The molecule has 0 heterocycles. The van der Waals surface area contributed by atoms with Crippen molar-refractivity contribution < 1.29 is 4.74 Å². The topological polar surface area (TPSA) is 45.7 Å². The molecule has 0 aliphatic heterocycles. The fraction of sp³-hybridized carbons (Fsp3) is 0.929. The highest BCUT2D eigenvalue weighted by atomic mass is 127. The van der Waals surface area contributed by atoms with Crippen LogP contribution in [-0.2, 0) is 4.74 Å². The minimum atomic E-state index is 0. The second kappa shape index (κ2) is 11.8. The number of hydrogen-bond donors (Lipinski definition) is 2. The van der Waals surface area contributed by atoms with Crippen molar-refractivity contribution in [2.75, 3.05) is 33.9 Å². The van der Waals surface area contributed by atoms with Crippen LogP contribution in [0, 0.1) is 11.8 Å². The summed E-state index contributed by atoms with van der Waals surface area (Å²) in [5.74, 6) is 2.66. The smallest absolute Gasteiger partial charge is 0.190 e. The highest BCUT2D eigenvalue weighted by Crippen LogP contribution is 2.27. The Labute approximate surface area is 135 Å². The zero-order valence-electron chi connectivity index (χ0n) is 12.6. The first-order valence-corrected chi connectivity index (χ1v) is 7.19. The normalized spacial score (nSPS) is 23.6. The molecule has 1 aliphatic rings. The minimum absolute atomic E-state index is 0. The summed E-state index contributed by atoms with van der Waals surface area (Å²) in [6.07, 6.45) is 6.49. The Morgan fingerprint density at radius 2 is 1.89 bits per heavy atom. The quantitative estimate of drug-likeness (QED) is 0.321. The molecule has 1 rings (SSSR count). The summed E-state index contributed by atoms with van der Waals surface area (Å²) in [7, 11) is 3.56. The Balaban J connectivity index is 0.00000324. The summed E-state index contributed by atoms with van der Waals surface area (Å²) in [4.78, 5) is 4.24. The van der Waals surface area contributed by atoms with Gasteiger partial charge in [0.25, 0.3) is 0 Å². The maximum absolute atomic E-state index is 5.02. The molecule has 1 aliphatic carbocycles. The van der Waals surface area contributed by atoms with E-state index in [1.165, 1.54) is 25.7 Å². The molecule has 0 atom stereocenters. The van der Waals surface area contributed by atoms with Gasteiger partial charge < -0.3 is 15.4 Å². The third kappa shape index (κ3) is 8.68.